The summed E-state index contributed by atoms with van der Waals surface area (Å²) in [6.45, 7) is 2.06. The van der Waals surface area contributed by atoms with E-state index in [0.717, 1.165) is 21.9 Å². The Morgan fingerprint density at radius 2 is 2.08 bits per heavy atom. The Hall–Kier alpha value is -1.85. The second-order valence-electron chi connectivity index (χ2n) is 6.66. The smallest absolute Gasteiger partial charge is 0.251 e. The molecule has 4 rings (SSSR count). The summed E-state index contributed by atoms with van der Waals surface area (Å²) in [5.41, 5.74) is 1.92. The molecule has 2 aliphatic rings. The first-order valence-electron chi connectivity index (χ1n) is 8.45. The number of carbonyl (C=O) groups is 1. The van der Waals surface area contributed by atoms with Gasteiger partial charge < -0.3 is 10.6 Å². The van der Waals surface area contributed by atoms with E-state index < -0.39 is 0 Å². The summed E-state index contributed by atoms with van der Waals surface area (Å²) in [5, 5.41) is 7.71. The first kappa shape index (κ1) is 15.7. The SMILES string of the molecule is Cc1ccnc(Sc2ccc(C(=O)NC3CC4CCC3N4)cc2)c1. The van der Waals surface area contributed by atoms with Crippen LogP contribution in [0.2, 0.25) is 0 Å². The van der Waals surface area contributed by atoms with Crippen LogP contribution in [0.25, 0.3) is 0 Å². The summed E-state index contributed by atoms with van der Waals surface area (Å²) < 4.78 is 0. The van der Waals surface area contributed by atoms with Gasteiger partial charge in [0.2, 0.25) is 0 Å². The molecule has 4 nitrogen and oxygen atoms in total. The number of hydrogen-bond acceptors (Lipinski definition) is 4. The van der Waals surface area contributed by atoms with Crippen molar-refractivity contribution in [2.75, 3.05) is 0 Å². The number of pyridine rings is 1. The molecule has 1 amide bonds. The van der Waals surface area contributed by atoms with Crippen LogP contribution in [0.15, 0.2) is 52.5 Å². The average Bonchev–Trinajstić information content (AvgIpc) is 3.18. The van der Waals surface area contributed by atoms with E-state index in [1.165, 1.54) is 18.4 Å². The lowest BCUT2D eigenvalue weighted by Gasteiger charge is -2.21. The molecule has 24 heavy (non-hydrogen) atoms. The molecule has 2 aliphatic heterocycles. The second-order valence-corrected chi connectivity index (χ2v) is 7.75. The minimum absolute atomic E-state index is 0.0274. The number of rotatable bonds is 4. The predicted molar refractivity (Wildman–Crippen MR) is 95.4 cm³/mol. The quantitative estimate of drug-likeness (QED) is 0.898. The van der Waals surface area contributed by atoms with E-state index in [-0.39, 0.29) is 11.9 Å². The minimum Gasteiger partial charge on any atom is -0.348 e. The predicted octanol–water partition coefficient (Wildman–Crippen LogP) is 3.16. The highest BCUT2D eigenvalue weighted by Gasteiger charge is 2.39. The molecule has 0 saturated carbocycles. The molecule has 1 aromatic heterocycles. The van der Waals surface area contributed by atoms with E-state index in [2.05, 4.69) is 28.6 Å². The fourth-order valence-corrected chi connectivity index (χ4v) is 4.47. The number of aryl methyl sites for hydroxylation is 1. The van der Waals surface area contributed by atoms with Crippen LogP contribution < -0.4 is 10.6 Å². The molecule has 2 saturated heterocycles. The monoisotopic (exact) mass is 339 g/mol. The van der Waals surface area contributed by atoms with E-state index >= 15 is 0 Å². The van der Waals surface area contributed by atoms with Crippen molar-refractivity contribution in [2.45, 2.75) is 54.2 Å². The van der Waals surface area contributed by atoms with Gasteiger partial charge in [-0.05, 0) is 68.1 Å². The van der Waals surface area contributed by atoms with Crippen LogP contribution in [0.4, 0.5) is 0 Å². The van der Waals surface area contributed by atoms with Crippen molar-refractivity contribution >= 4 is 17.7 Å². The van der Waals surface area contributed by atoms with Crippen molar-refractivity contribution in [2.24, 2.45) is 0 Å². The van der Waals surface area contributed by atoms with Gasteiger partial charge in [0.05, 0.1) is 0 Å². The normalized spacial score (nSPS) is 25.0. The number of hydrogen-bond donors (Lipinski definition) is 2. The summed E-state index contributed by atoms with van der Waals surface area (Å²) in [6.07, 6.45) is 5.30. The minimum atomic E-state index is 0.0274. The molecular weight excluding hydrogens is 318 g/mol. The lowest BCUT2D eigenvalue weighted by Crippen LogP contribution is -2.42. The third-order valence-corrected chi connectivity index (χ3v) is 5.79. The molecule has 3 heterocycles. The molecule has 124 valence electrons. The van der Waals surface area contributed by atoms with Gasteiger partial charge in [-0.3, -0.25) is 4.79 Å². The molecular formula is C19H21N3OS. The molecule has 2 aromatic rings. The Morgan fingerprint density at radius 3 is 2.75 bits per heavy atom. The van der Waals surface area contributed by atoms with Gasteiger partial charge in [0.25, 0.3) is 5.91 Å². The first-order valence-corrected chi connectivity index (χ1v) is 9.26. The van der Waals surface area contributed by atoms with Crippen LogP contribution >= 0.6 is 11.8 Å². The Balaban J connectivity index is 1.39. The molecule has 1 aromatic carbocycles. The van der Waals surface area contributed by atoms with E-state index in [4.69, 9.17) is 0 Å². The summed E-state index contributed by atoms with van der Waals surface area (Å²) >= 11 is 1.61. The molecule has 3 unspecified atom stereocenters. The van der Waals surface area contributed by atoms with Gasteiger partial charge in [-0.15, -0.1) is 0 Å². The molecule has 5 heteroatoms. The number of nitrogens with zero attached hydrogens (tertiary/aromatic N) is 1. The number of aromatic nitrogens is 1. The number of fused-ring (bicyclic) bond motifs is 2. The summed E-state index contributed by atoms with van der Waals surface area (Å²) in [7, 11) is 0. The number of benzene rings is 1. The Morgan fingerprint density at radius 1 is 1.25 bits per heavy atom. The zero-order valence-electron chi connectivity index (χ0n) is 13.7. The van der Waals surface area contributed by atoms with Crippen LogP contribution in [0.3, 0.4) is 0 Å². The van der Waals surface area contributed by atoms with Gasteiger partial charge in [-0.2, -0.15) is 0 Å². The fourth-order valence-electron chi connectivity index (χ4n) is 3.59. The fraction of sp³-hybridized carbons (Fsp3) is 0.368. The van der Waals surface area contributed by atoms with Gasteiger partial charge in [0.1, 0.15) is 5.03 Å². The highest BCUT2D eigenvalue weighted by atomic mass is 32.2. The topological polar surface area (TPSA) is 54.0 Å². The van der Waals surface area contributed by atoms with Gasteiger partial charge in [0, 0.05) is 34.8 Å². The standard InChI is InChI=1S/C19H21N3OS/c1-12-8-9-20-18(10-12)24-15-5-2-13(3-6-15)19(23)22-17-11-14-4-7-16(17)21-14/h2-3,5-6,8-10,14,16-17,21H,4,7,11H2,1H3,(H,22,23). The second kappa shape index (κ2) is 6.57. The highest BCUT2D eigenvalue weighted by Crippen LogP contribution is 2.29. The van der Waals surface area contributed by atoms with Gasteiger partial charge in [0.15, 0.2) is 0 Å². The Bertz CT molecular complexity index is 747. The van der Waals surface area contributed by atoms with Crippen LogP contribution in [0.5, 0.6) is 0 Å². The number of nitrogens with one attached hydrogen (secondary N) is 2. The molecule has 0 spiro atoms. The van der Waals surface area contributed by atoms with E-state index in [9.17, 15) is 4.79 Å². The molecule has 2 N–H and O–H groups in total. The van der Waals surface area contributed by atoms with E-state index in [1.807, 2.05) is 36.5 Å². The highest BCUT2D eigenvalue weighted by molar-refractivity contribution is 7.99. The van der Waals surface area contributed by atoms with Crippen molar-refractivity contribution in [1.82, 2.24) is 15.6 Å². The van der Waals surface area contributed by atoms with Crippen LogP contribution in [-0.4, -0.2) is 29.0 Å². The van der Waals surface area contributed by atoms with E-state index in [1.54, 1.807) is 11.8 Å². The Labute approximate surface area is 146 Å². The van der Waals surface area contributed by atoms with Crippen molar-refractivity contribution in [3.05, 3.63) is 53.7 Å². The summed E-state index contributed by atoms with van der Waals surface area (Å²) in [5.74, 6) is 0.0274. The van der Waals surface area contributed by atoms with E-state index in [0.29, 0.717) is 12.1 Å². The average molecular weight is 339 g/mol. The molecule has 2 bridgehead atoms. The maximum Gasteiger partial charge on any atom is 0.251 e. The zero-order valence-corrected chi connectivity index (χ0v) is 14.5. The van der Waals surface area contributed by atoms with Crippen LogP contribution in [0, 0.1) is 6.92 Å². The lowest BCUT2D eigenvalue weighted by atomic mass is 9.95. The van der Waals surface area contributed by atoms with Crippen LogP contribution in [0.1, 0.15) is 35.2 Å². The number of amides is 1. The van der Waals surface area contributed by atoms with Crippen molar-refractivity contribution < 1.29 is 4.79 Å². The third-order valence-electron chi connectivity index (χ3n) is 4.85. The largest absolute Gasteiger partial charge is 0.348 e. The summed E-state index contributed by atoms with van der Waals surface area (Å²) in [4.78, 5) is 17.9. The first-order chi connectivity index (χ1) is 11.7. The molecule has 2 fully saturated rings. The molecule has 0 aliphatic carbocycles. The van der Waals surface area contributed by atoms with Gasteiger partial charge >= 0.3 is 0 Å². The molecule has 0 radical (unpaired) electrons. The molecule has 3 atom stereocenters. The van der Waals surface area contributed by atoms with Crippen molar-refractivity contribution in [3.8, 4) is 0 Å². The zero-order chi connectivity index (χ0) is 16.5. The van der Waals surface area contributed by atoms with Gasteiger partial charge in [-0.1, -0.05) is 11.8 Å². The van der Waals surface area contributed by atoms with Gasteiger partial charge in [-0.25, -0.2) is 4.98 Å². The third kappa shape index (κ3) is 3.32. The maximum atomic E-state index is 12.4. The van der Waals surface area contributed by atoms with Crippen molar-refractivity contribution in [3.63, 3.8) is 0 Å². The maximum absolute atomic E-state index is 12.4. The number of carbonyl (C=O) groups excluding carboxylic acids is 1. The Kier molecular flexibility index (Phi) is 4.29. The van der Waals surface area contributed by atoms with Crippen molar-refractivity contribution in [1.29, 1.82) is 0 Å². The van der Waals surface area contributed by atoms with Crippen LogP contribution in [-0.2, 0) is 0 Å². The summed E-state index contributed by atoms with van der Waals surface area (Å²) in [6, 6.07) is 13.2. The lowest BCUT2D eigenvalue weighted by molar-refractivity contribution is 0.0931.